The van der Waals surface area contributed by atoms with Crippen LogP contribution in [0.4, 0.5) is 0 Å². The number of amides is 1. The normalized spacial score (nSPS) is 21.9. The van der Waals surface area contributed by atoms with Crippen molar-refractivity contribution in [3.05, 3.63) is 0 Å². The number of nitrogens with zero attached hydrogens (tertiary/aromatic N) is 1. The highest BCUT2D eigenvalue weighted by Gasteiger charge is 2.27. The Morgan fingerprint density at radius 2 is 2.38 bits per heavy atom. The summed E-state index contributed by atoms with van der Waals surface area (Å²) in [4.78, 5) is 13.4. The van der Waals surface area contributed by atoms with Crippen LogP contribution in [0, 0.1) is 0 Å². The molecule has 13 heavy (non-hydrogen) atoms. The largest absolute Gasteiger partial charge is 0.394 e. The predicted octanol–water partition coefficient (Wildman–Crippen LogP) is -0.354. The Kier molecular flexibility index (Phi) is 3.62. The fourth-order valence-electron chi connectivity index (χ4n) is 1.60. The van der Waals surface area contributed by atoms with Gasteiger partial charge in [-0.2, -0.15) is 0 Å². The van der Waals surface area contributed by atoms with Crippen molar-refractivity contribution in [2.45, 2.75) is 25.3 Å². The standard InChI is InChI=1S/C8H14N2O2S/c9-7(13)4-8(12)10-3-1-2-6(10)5-11/h6,11H,1-5H2,(H2,9,13). The fourth-order valence-corrected chi connectivity index (χ4v) is 1.73. The topological polar surface area (TPSA) is 66.6 Å². The Morgan fingerprint density at radius 3 is 2.92 bits per heavy atom. The molecule has 0 aromatic rings. The minimum absolute atomic E-state index is 0.0261. The second-order valence-electron chi connectivity index (χ2n) is 3.21. The third-order valence-electron chi connectivity index (χ3n) is 2.23. The van der Waals surface area contributed by atoms with E-state index in [1.807, 2.05) is 0 Å². The molecule has 3 N–H and O–H groups in total. The molecule has 0 bridgehead atoms. The van der Waals surface area contributed by atoms with E-state index in [2.05, 4.69) is 12.2 Å². The van der Waals surface area contributed by atoms with Gasteiger partial charge in [-0.15, -0.1) is 0 Å². The van der Waals surface area contributed by atoms with Crippen LogP contribution in [-0.4, -0.2) is 40.1 Å². The molecule has 0 spiro atoms. The molecular formula is C8H14N2O2S. The van der Waals surface area contributed by atoms with Gasteiger partial charge in [0.2, 0.25) is 5.91 Å². The highest BCUT2D eigenvalue weighted by Crippen LogP contribution is 2.17. The fraction of sp³-hybridized carbons (Fsp3) is 0.750. The Hall–Kier alpha value is -0.680. The Labute approximate surface area is 82.7 Å². The Bertz CT molecular complexity index is 220. The van der Waals surface area contributed by atoms with Gasteiger partial charge in [0.05, 0.1) is 24.1 Å². The predicted molar refractivity (Wildman–Crippen MR) is 53.2 cm³/mol. The average molecular weight is 202 g/mol. The molecule has 1 heterocycles. The first-order valence-electron chi connectivity index (χ1n) is 4.33. The second-order valence-corrected chi connectivity index (χ2v) is 3.73. The minimum Gasteiger partial charge on any atom is -0.394 e. The maximum Gasteiger partial charge on any atom is 0.229 e. The summed E-state index contributed by atoms with van der Waals surface area (Å²) in [5.41, 5.74) is 5.27. The minimum atomic E-state index is -0.0657. The van der Waals surface area contributed by atoms with Crippen molar-refractivity contribution in [2.24, 2.45) is 5.73 Å². The van der Waals surface area contributed by atoms with Crippen LogP contribution in [-0.2, 0) is 4.79 Å². The van der Waals surface area contributed by atoms with E-state index in [0.717, 1.165) is 12.8 Å². The molecule has 4 nitrogen and oxygen atoms in total. The van der Waals surface area contributed by atoms with Crippen molar-refractivity contribution < 1.29 is 9.90 Å². The summed E-state index contributed by atoms with van der Waals surface area (Å²) >= 11 is 4.65. The Balaban J connectivity index is 2.50. The SMILES string of the molecule is NC(=S)CC(=O)N1CCCC1CO. The molecule has 74 valence electrons. The van der Waals surface area contributed by atoms with E-state index in [-0.39, 0.29) is 30.0 Å². The lowest BCUT2D eigenvalue weighted by atomic mass is 10.2. The van der Waals surface area contributed by atoms with Crippen LogP contribution in [0.1, 0.15) is 19.3 Å². The molecule has 1 amide bonds. The van der Waals surface area contributed by atoms with Crippen molar-refractivity contribution >= 4 is 23.1 Å². The lowest BCUT2D eigenvalue weighted by Gasteiger charge is -2.22. The number of carbonyl (C=O) groups excluding carboxylic acids is 1. The van der Waals surface area contributed by atoms with Gasteiger partial charge in [-0.1, -0.05) is 12.2 Å². The summed E-state index contributed by atoms with van der Waals surface area (Å²) < 4.78 is 0. The lowest BCUT2D eigenvalue weighted by molar-refractivity contribution is -0.131. The molecule has 0 saturated carbocycles. The smallest absolute Gasteiger partial charge is 0.229 e. The third kappa shape index (κ3) is 2.63. The van der Waals surface area contributed by atoms with Gasteiger partial charge in [0, 0.05) is 6.54 Å². The first kappa shape index (κ1) is 10.4. The zero-order valence-corrected chi connectivity index (χ0v) is 8.22. The summed E-state index contributed by atoms with van der Waals surface area (Å²) in [5, 5.41) is 8.96. The maximum absolute atomic E-state index is 11.5. The van der Waals surface area contributed by atoms with Crippen LogP contribution < -0.4 is 5.73 Å². The zero-order valence-electron chi connectivity index (χ0n) is 7.40. The summed E-state index contributed by atoms with van der Waals surface area (Å²) in [5.74, 6) is -0.0657. The van der Waals surface area contributed by atoms with Gasteiger partial charge >= 0.3 is 0 Å². The van der Waals surface area contributed by atoms with Gasteiger partial charge in [0.1, 0.15) is 0 Å². The number of hydrogen-bond acceptors (Lipinski definition) is 3. The average Bonchev–Trinajstić information content (AvgIpc) is 2.49. The van der Waals surface area contributed by atoms with Gasteiger partial charge in [0.25, 0.3) is 0 Å². The van der Waals surface area contributed by atoms with Crippen molar-refractivity contribution in [2.75, 3.05) is 13.2 Å². The summed E-state index contributed by atoms with van der Waals surface area (Å²) in [6.45, 7) is 0.746. The number of rotatable bonds is 3. The molecule has 1 atom stereocenters. The number of carbonyl (C=O) groups is 1. The quantitative estimate of drug-likeness (QED) is 0.614. The molecule has 0 radical (unpaired) electrons. The molecule has 0 aromatic carbocycles. The van der Waals surface area contributed by atoms with Crippen LogP contribution >= 0.6 is 12.2 Å². The monoisotopic (exact) mass is 202 g/mol. The highest BCUT2D eigenvalue weighted by molar-refractivity contribution is 7.80. The van der Waals surface area contributed by atoms with E-state index < -0.39 is 0 Å². The van der Waals surface area contributed by atoms with Crippen LogP contribution in [0.3, 0.4) is 0 Å². The maximum atomic E-state index is 11.5. The Morgan fingerprint density at radius 1 is 1.69 bits per heavy atom. The van der Waals surface area contributed by atoms with E-state index in [1.54, 1.807) is 4.90 Å². The summed E-state index contributed by atoms with van der Waals surface area (Å²) in [6.07, 6.45) is 1.94. The molecule has 1 fully saturated rings. The van der Waals surface area contributed by atoms with Crippen molar-refractivity contribution in [1.29, 1.82) is 0 Å². The molecule has 0 aliphatic carbocycles. The second kappa shape index (κ2) is 4.53. The number of hydrogen-bond donors (Lipinski definition) is 2. The molecule has 5 heteroatoms. The lowest BCUT2D eigenvalue weighted by Crippen LogP contribution is -2.39. The van der Waals surface area contributed by atoms with Crippen LogP contribution in [0.5, 0.6) is 0 Å². The molecule has 0 aromatic heterocycles. The number of aliphatic hydroxyl groups is 1. The first-order chi connectivity index (χ1) is 6.15. The number of aliphatic hydroxyl groups excluding tert-OH is 1. The van der Waals surface area contributed by atoms with Gasteiger partial charge in [-0.25, -0.2) is 0 Å². The highest BCUT2D eigenvalue weighted by atomic mass is 32.1. The third-order valence-corrected chi connectivity index (χ3v) is 2.38. The van der Waals surface area contributed by atoms with Gasteiger partial charge in [0.15, 0.2) is 0 Å². The molecule has 1 aliphatic rings. The van der Waals surface area contributed by atoms with E-state index in [9.17, 15) is 4.79 Å². The van der Waals surface area contributed by atoms with Crippen LogP contribution in [0.15, 0.2) is 0 Å². The van der Waals surface area contributed by atoms with Crippen LogP contribution in [0.2, 0.25) is 0 Å². The van der Waals surface area contributed by atoms with Gasteiger partial charge in [-0.3, -0.25) is 4.79 Å². The first-order valence-corrected chi connectivity index (χ1v) is 4.74. The van der Waals surface area contributed by atoms with Crippen LogP contribution in [0.25, 0.3) is 0 Å². The number of likely N-dealkylation sites (tertiary alicyclic amines) is 1. The summed E-state index contributed by atoms with van der Waals surface area (Å²) in [6, 6.07) is -0.0261. The number of thiocarbonyl (C=S) groups is 1. The molecule has 1 rings (SSSR count). The zero-order chi connectivity index (χ0) is 9.84. The molecular weight excluding hydrogens is 188 g/mol. The van der Waals surface area contributed by atoms with Crippen molar-refractivity contribution in [3.8, 4) is 0 Å². The van der Waals surface area contributed by atoms with E-state index >= 15 is 0 Å². The van der Waals surface area contributed by atoms with Gasteiger partial charge < -0.3 is 15.7 Å². The number of nitrogens with two attached hydrogens (primary N) is 1. The van der Waals surface area contributed by atoms with Crippen molar-refractivity contribution in [1.82, 2.24) is 4.90 Å². The van der Waals surface area contributed by atoms with E-state index in [0.29, 0.717) is 6.54 Å². The van der Waals surface area contributed by atoms with Crippen molar-refractivity contribution in [3.63, 3.8) is 0 Å². The van der Waals surface area contributed by atoms with E-state index in [1.165, 1.54) is 0 Å². The van der Waals surface area contributed by atoms with Gasteiger partial charge in [-0.05, 0) is 12.8 Å². The molecule has 1 saturated heterocycles. The molecule has 1 aliphatic heterocycles. The summed E-state index contributed by atoms with van der Waals surface area (Å²) in [7, 11) is 0. The van der Waals surface area contributed by atoms with E-state index in [4.69, 9.17) is 10.8 Å². The molecule has 1 unspecified atom stereocenters.